The van der Waals surface area contributed by atoms with E-state index < -0.39 is 0 Å². The van der Waals surface area contributed by atoms with Gasteiger partial charge in [0.05, 0.1) is 11.0 Å². The van der Waals surface area contributed by atoms with Crippen LogP contribution in [0.15, 0.2) is 132 Å². The second kappa shape index (κ2) is 13.9. The predicted molar refractivity (Wildman–Crippen MR) is 211 cm³/mol. The van der Waals surface area contributed by atoms with Crippen molar-refractivity contribution in [1.82, 2.24) is 4.57 Å². The van der Waals surface area contributed by atoms with E-state index in [1.807, 2.05) is 45.9 Å². The highest BCUT2D eigenvalue weighted by atomic mass is 35.5. The zero-order chi connectivity index (χ0) is 33.9. The molecule has 0 aliphatic rings. The van der Waals surface area contributed by atoms with Crippen molar-refractivity contribution in [3.05, 3.63) is 138 Å². The van der Waals surface area contributed by atoms with Crippen molar-refractivity contribution < 1.29 is 4.42 Å². The largest absolute Gasteiger partial charge is 0.456 e. The highest BCUT2D eigenvalue weighted by molar-refractivity contribution is 6.31. The van der Waals surface area contributed by atoms with Crippen molar-refractivity contribution >= 4 is 76.9 Å². The van der Waals surface area contributed by atoms with Crippen molar-refractivity contribution in [3.63, 3.8) is 0 Å². The van der Waals surface area contributed by atoms with Crippen LogP contribution >= 0.6 is 11.6 Å². The molecule has 0 spiro atoms. The number of halogens is 1. The molecule has 0 bridgehead atoms. The highest BCUT2D eigenvalue weighted by Crippen LogP contribution is 2.44. The fourth-order valence-corrected chi connectivity index (χ4v) is 7.18. The van der Waals surface area contributed by atoms with E-state index in [9.17, 15) is 0 Å². The molecular weight excluding hydrogens is 608 g/mol. The van der Waals surface area contributed by atoms with Crippen molar-refractivity contribution in [2.24, 2.45) is 5.73 Å². The molecule has 48 heavy (non-hydrogen) atoms. The molecule has 4 heteroatoms. The Kier molecular flexibility index (Phi) is 9.54. The summed E-state index contributed by atoms with van der Waals surface area (Å²) in [6, 6.07) is 45.4. The van der Waals surface area contributed by atoms with Gasteiger partial charge >= 0.3 is 0 Å². The fourth-order valence-electron chi connectivity index (χ4n) is 6.89. The number of aromatic nitrogens is 1. The van der Waals surface area contributed by atoms with Gasteiger partial charge in [0.25, 0.3) is 0 Å². The van der Waals surface area contributed by atoms with Gasteiger partial charge in [-0.05, 0) is 83.2 Å². The van der Waals surface area contributed by atoms with E-state index in [2.05, 4.69) is 126 Å². The van der Waals surface area contributed by atoms with Crippen LogP contribution in [0.2, 0.25) is 5.02 Å². The Morgan fingerprint density at radius 3 is 1.94 bits per heavy atom. The lowest BCUT2D eigenvalue weighted by Crippen LogP contribution is -1.95. The first kappa shape index (κ1) is 32.8. The van der Waals surface area contributed by atoms with Gasteiger partial charge in [0.15, 0.2) is 0 Å². The first-order chi connectivity index (χ1) is 23.6. The van der Waals surface area contributed by atoms with Gasteiger partial charge in [-0.3, -0.25) is 0 Å². The number of fused-ring (bicyclic) bond motifs is 10. The van der Waals surface area contributed by atoms with Crippen molar-refractivity contribution in [2.45, 2.75) is 34.6 Å². The molecule has 7 aromatic carbocycles. The maximum Gasteiger partial charge on any atom is 0.137 e. The molecule has 9 aromatic rings. The average molecular weight is 649 g/mol. The maximum absolute atomic E-state index is 6.60. The lowest BCUT2D eigenvalue weighted by molar-refractivity contribution is 0.668. The summed E-state index contributed by atoms with van der Waals surface area (Å²) in [4.78, 5) is 0. The van der Waals surface area contributed by atoms with Gasteiger partial charge in [-0.1, -0.05) is 124 Å². The number of nitrogens with zero attached hydrogens (tertiary/aromatic N) is 1. The third kappa shape index (κ3) is 5.39. The molecule has 3 nitrogen and oxygen atoms in total. The van der Waals surface area contributed by atoms with Gasteiger partial charge in [0.1, 0.15) is 11.2 Å². The number of hydrogen-bond donors (Lipinski definition) is 1. The second-order valence-corrected chi connectivity index (χ2v) is 11.6. The molecule has 240 valence electrons. The topological polar surface area (TPSA) is 44.1 Å². The number of hydrogen-bond acceptors (Lipinski definition) is 2. The smallest absolute Gasteiger partial charge is 0.137 e. The van der Waals surface area contributed by atoms with Gasteiger partial charge < -0.3 is 14.7 Å². The number of aryl methyl sites for hydroxylation is 1. The Balaban J connectivity index is 0.000000636. The third-order valence-electron chi connectivity index (χ3n) is 8.63. The predicted octanol–water partition coefficient (Wildman–Crippen LogP) is 13.2. The molecular formula is C44H41ClN2O. The summed E-state index contributed by atoms with van der Waals surface area (Å²) in [6.07, 6.45) is 0. The van der Waals surface area contributed by atoms with Crippen molar-refractivity contribution in [2.75, 3.05) is 7.05 Å². The molecule has 0 amide bonds. The maximum atomic E-state index is 6.60. The van der Waals surface area contributed by atoms with Gasteiger partial charge in [0, 0.05) is 43.7 Å². The van der Waals surface area contributed by atoms with E-state index in [1.54, 1.807) is 0 Å². The standard InChI is InChI=1S/C39H24ClNO.2C2H6.CH5N/c1-23-18-25(20-26(40)19-23)34-22-35-38(32-12-5-4-10-29(32)34)33-16-14-24-8-2-3-9-28(24)39(33)41(35)27-15-17-31-30-11-6-7-13-36(30)42-37(31)21-27;3*1-2/h2-22H,1H3;2*1-2H3;2H2,1H3. The minimum Gasteiger partial charge on any atom is -0.456 e. The van der Waals surface area contributed by atoms with Crippen LogP contribution in [0, 0.1) is 6.92 Å². The Labute approximate surface area is 287 Å². The number of nitrogens with two attached hydrogens (primary N) is 1. The third-order valence-corrected chi connectivity index (χ3v) is 8.85. The summed E-state index contributed by atoms with van der Waals surface area (Å²) in [5.41, 5.74) is 13.1. The van der Waals surface area contributed by atoms with Gasteiger partial charge in [-0.15, -0.1) is 0 Å². The Morgan fingerprint density at radius 1 is 0.562 bits per heavy atom. The highest BCUT2D eigenvalue weighted by Gasteiger charge is 2.20. The minimum absolute atomic E-state index is 0.746. The van der Waals surface area contributed by atoms with Crippen LogP contribution in [0.1, 0.15) is 33.3 Å². The van der Waals surface area contributed by atoms with Gasteiger partial charge in [-0.25, -0.2) is 0 Å². The van der Waals surface area contributed by atoms with E-state index in [-0.39, 0.29) is 0 Å². The van der Waals surface area contributed by atoms with Crippen LogP contribution in [0.5, 0.6) is 0 Å². The monoisotopic (exact) mass is 648 g/mol. The van der Waals surface area contributed by atoms with Gasteiger partial charge in [0.2, 0.25) is 0 Å². The number of para-hydroxylation sites is 1. The van der Waals surface area contributed by atoms with E-state index in [0.717, 1.165) is 49.3 Å². The molecule has 0 saturated carbocycles. The second-order valence-electron chi connectivity index (χ2n) is 11.2. The molecule has 0 fully saturated rings. The van der Waals surface area contributed by atoms with E-state index >= 15 is 0 Å². The van der Waals surface area contributed by atoms with Crippen LogP contribution in [0.25, 0.3) is 82.1 Å². The molecule has 2 aromatic heterocycles. The number of furan rings is 1. The Morgan fingerprint density at radius 2 is 1.19 bits per heavy atom. The fraction of sp³-hybridized carbons (Fsp3) is 0.136. The summed E-state index contributed by atoms with van der Waals surface area (Å²) in [6.45, 7) is 10.1. The SMILES string of the molecule is CC.CC.CN.Cc1cc(Cl)cc(-c2cc3c(c4ccccc24)c2ccc4ccccc4c2n3-c2ccc3c(c2)oc2ccccc23)c1. The van der Waals surface area contributed by atoms with Crippen LogP contribution in [0.4, 0.5) is 0 Å². The van der Waals surface area contributed by atoms with Crippen molar-refractivity contribution in [3.8, 4) is 16.8 Å². The van der Waals surface area contributed by atoms with Crippen LogP contribution in [-0.2, 0) is 0 Å². The molecule has 2 heterocycles. The van der Waals surface area contributed by atoms with Crippen LogP contribution in [0.3, 0.4) is 0 Å². The molecule has 0 atom stereocenters. The first-order valence-electron chi connectivity index (χ1n) is 16.8. The lowest BCUT2D eigenvalue weighted by atomic mass is 9.94. The molecule has 2 N–H and O–H groups in total. The normalized spacial score (nSPS) is 10.9. The Hall–Kier alpha value is -5.09. The lowest BCUT2D eigenvalue weighted by Gasteiger charge is -2.13. The summed E-state index contributed by atoms with van der Waals surface area (Å²) in [5.74, 6) is 0. The summed E-state index contributed by atoms with van der Waals surface area (Å²) in [7, 11) is 1.50. The molecule has 0 radical (unpaired) electrons. The summed E-state index contributed by atoms with van der Waals surface area (Å²) >= 11 is 6.60. The van der Waals surface area contributed by atoms with Gasteiger partial charge in [-0.2, -0.15) is 0 Å². The van der Waals surface area contributed by atoms with E-state index in [4.69, 9.17) is 16.0 Å². The zero-order valence-electron chi connectivity index (χ0n) is 28.4. The number of rotatable bonds is 2. The van der Waals surface area contributed by atoms with Crippen molar-refractivity contribution in [1.29, 1.82) is 0 Å². The van der Waals surface area contributed by atoms with Crippen LogP contribution in [-0.4, -0.2) is 11.6 Å². The summed E-state index contributed by atoms with van der Waals surface area (Å²) < 4.78 is 8.79. The van der Waals surface area contributed by atoms with E-state index in [1.165, 1.54) is 50.4 Å². The average Bonchev–Trinajstić information content (AvgIpc) is 3.69. The first-order valence-corrected chi connectivity index (χ1v) is 17.2. The molecule has 9 rings (SSSR count). The molecule has 0 aliphatic carbocycles. The summed E-state index contributed by atoms with van der Waals surface area (Å²) in [5, 5.41) is 10.4. The number of benzene rings is 7. The molecule has 0 saturated heterocycles. The van der Waals surface area contributed by atoms with Crippen LogP contribution < -0.4 is 5.73 Å². The zero-order valence-corrected chi connectivity index (χ0v) is 29.2. The molecule has 0 aliphatic heterocycles. The quantitative estimate of drug-likeness (QED) is 0.203. The minimum atomic E-state index is 0.746. The molecule has 0 unspecified atom stereocenters. The van der Waals surface area contributed by atoms with E-state index in [0.29, 0.717) is 0 Å². The Bertz CT molecular complexity index is 2530.